The first-order valence-corrected chi connectivity index (χ1v) is 7.07. The Labute approximate surface area is 109 Å². The van der Waals surface area contributed by atoms with Crippen LogP contribution < -0.4 is 5.73 Å². The topological polar surface area (TPSA) is 30.9 Å². The molecule has 0 unspecified atom stereocenters. The lowest BCUT2D eigenvalue weighted by Crippen LogP contribution is -2.22. The Hall–Kier alpha value is -0.800. The summed E-state index contributed by atoms with van der Waals surface area (Å²) < 4.78 is 3.64. The Morgan fingerprint density at radius 2 is 2.00 bits per heavy atom. The molecule has 2 aliphatic carbocycles. The van der Waals surface area contributed by atoms with Crippen molar-refractivity contribution in [2.75, 3.05) is 0 Å². The van der Waals surface area contributed by atoms with E-state index in [4.69, 9.17) is 5.73 Å². The highest BCUT2D eigenvalue weighted by Gasteiger charge is 2.44. The van der Waals surface area contributed by atoms with Crippen molar-refractivity contribution in [3.63, 3.8) is 0 Å². The average molecular weight is 291 g/mol. The van der Waals surface area contributed by atoms with Crippen molar-refractivity contribution in [2.24, 2.45) is 5.73 Å². The van der Waals surface area contributed by atoms with Gasteiger partial charge in [0.05, 0.1) is 5.54 Å². The number of fused-ring (bicyclic) bond motifs is 1. The molecular formula is C14H15BrN2. The Morgan fingerprint density at radius 3 is 2.65 bits per heavy atom. The number of rotatable bonds is 2. The van der Waals surface area contributed by atoms with Gasteiger partial charge in [0.2, 0.25) is 0 Å². The SMILES string of the molecule is NC1(c2cc3cc(Br)ccc3n2C2CC2)CC1. The predicted molar refractivity (Wildman–Crippen MR) is 73.0 cm³/mol. The van der Waals surface area contributed by atoms with E-state index in [1.165, 1.54) is 29.4 Å². The molecule has 1 heterocycles. The average Bonchev–Trinajstić information content (AvgIpc) is 3.20. The zero-order valence-electron chi connectivity index (χ0n) is 9.62. The van der Waals surface area contributed by atoms with Gasteiger partial charge in [-0.25, -0.2) is 0 Å². The Bertz CT molecular complexity index is 606. The Balaban J connectivity index is 2.01. The minimum absolute atomic E-state index is 0.0336. The van der Waals surface area contributed by atoms with Crippen LogP contribution in [0, 0.1) is 0 Å². The van der Waals surface area contributed by atoms with Crippen molar-refractivity contribution < 1.29 is 0 Å². The second kappa shape index (κ2) is 3.15. The predicted octanol–water partition coefficient (Wildman–Crippen LogP) is 3.69. The van der Waals surface area contributed by atoms with Crippen molar-refractivity contribution in [3.05, 3.63) is 34.4 Å². The number of hydrogen-bond acceptors (Lipinski definition) is 1. The standard InChI is InChI=1S/C14H15BrN2/c15-10-1-4-12-9(7-10)8-13(14(16)5-6-14)17(12)11-2-3-11/h1,4,7-8,11H,2-3,5-6,16H2. The summed E-state index contributed by atoms with van der Waals surface area (Å²) in [6, 6.07) is 9.54. The normalized spacial score (nSPS) is 22.0. The molecule has 4 rings (SSSR count). The molecule has 2 N–H and O–H groups in total. The van der Waals surface area contributed by atoms with Crippen LogP contribution in [0.25, 0.3) is 10.9 Å². The molecule has 0 aliphatic heterocycles. The van der Waals surface area contributed by atoms with Gasteiger partial charge in [-0.05, 0) is 49.9 Å². The van der Waals surface area contributed by atoms with Crippen LogP contribution in [0.2, 0.25) is 0 Å². The van der Waals surface area contributed by atoms with Crippen LogP contribution in [0.15, 0.2) is 28.7 Å². The maximum absolute atomic E-state index is 6.40. The van der Waals surface area contributed by atoms with Crippen LogP contribution in [0.5, 0.6) is 0 Å². The van der Waals surface area contributed by atoms with Crippen molar-refractivity contribution in [2.45, 2.75) is 37.3 Å². The minimum atomic E-state index is -0.0336. The van der Waals surface area contributed by atoms with Gasteiger partial charge in [0.25, 0.3) is 0 Å². The molecule has 1 aromatic carbocycles. The maximum Gasteiger partial charge on any atom is 0.0565 e. The van der Waals surface area contributed by atoms with Crippen LogP contribution in [0.3, 0.4) is 0 Å². The molecule has 1 aromatic heterocycles. The van der Waals surface area contributed by atoms with Crippen LogP contribution in [-0.4, -0.2) is 4.57 Å². The summed E-state index contributed by atoms with van der Waals surface area (Å²) in [7, 11) is 0. The molecule has 2 fully saturated rings. The first-order valence-electron chi connectivity index (χ1n) is 6.27. The maximum atomic E-state index is 6.40. The molecule has 2 aromatic rings. The summed E-state index contributed by atoms with van der Waals surface area (Å²) >= 11 is 3.54. The van der Waals surface area contributed by atoms with Crippen LogP contribution in [0.4, 0.5) is 0 Å². The highest BCUT2D eigenvalue weighted by molar-refractivity contribution is 9.10. The van der Waals surface area contributed by atoms with Crippen molar-refractivity contribution in [1.82, 2.24) is 4.57 Å². The van der Waals surface area contributed by atoms with E-state index >= 15 is 0 Å². The van der Waals surface area contributed by atoms with Crippen LogP contribution in [0.1, 0.15) is 37.4 Å². The molecule has 0 bridgehead atoms. The van der Waals surface area contributed by atoms with Gasteiger partial charge < -0.3 is 10.3 Å². The summed E-state index contributed by atoms with van der Waals surface area (Å²) in [6.45, 7) is 0. The Morgan fingerprint density at radius 1 is 1.24 bits per heavy atom. The molecule has 0 spiro atoms. The number of aromatic nitrogens is 1. The van der Waals surface area contributed by atoms with E-state index in [1.54, 1.807) is 0 Å². The molecule has 0 saturated heterocycles. The molecule has 0 amide bonds. The van der Waals surface area contributed by atoms with Gasteiger partial charge in [-0.15, -0.1) is 0 Å². The fourth-order valence-electron chi connectivity index (χ4n) is 2.71. The highest BCUT2D eigenvalue weighted by atomic mass is 79.9. The molecule has 88 valence electrons. The van der Waals surface area contributed by atoms with Gasteiger partial charge in [-0.1, -0.05) is 15.9 Å². The van der Waals surface area contributed by atoms with Crippen molar-refractivity contribution >= 4 is 26.8 Å². The molecule has 0 atom stereocenters. The van der Waals surface area contributed by atoms with Crippen LogP contribution >= 0.6 is 15.9 Å². The fourth-order valence-corrected chi connectivity index (χ4v) is 3.09. The molecular weight excluding hydrogens is 276 g/mol. The second-order valence-electron chi connectivity index (χ2n) is 5.49. The number of nitrogens with zero attached hydrogens (tertiary/aromatic N) is 1. The van der Waals surface area contributed by atoms with Gasteiger partial charge in [-0.2, -0.15) is 0 Å². The fraction of sp³-hybridized carbons (Fsp3) is 0.429. The molecule has 0 radical (unpaired) electrons. The number of benzene rings is 1. The van der Waals surface area contributed by atoms with Crippen molar-refractivity contribution in [3.8, 4) is 0 Å². The van der Waals surface area contributed by atoms with E-state index in [-0.39, 0.29) is 5.54 Å². The third-order valence-electron chi connectivity index (χ3n) is 4.01. The monoisotopic (exact) mass is 290 g/mol. The molecule has 17 heavy (non-hydrogen) atoms. The molecule has 2 saturated carbocycles. The lowest BCUT2D eigenvalue weighted by molar-refractivity contribution is 0.622. The largest absolute Gasteiger partial charge is 0.340 e. The zero-order valence-corrected chi connectivity index (χ0v) is 11.2. The smallest absolute Gasteiger partial charge is 0.0565 e. The van der Waals surface area contributed by atoms with Gasteiger partial charge in [0.15, 0.2) is 0 Å². The third kappa shape index (κ3) is 1.49. The first-order chi connectivity index (χ1) is 8.17. The lowest BCUT2D eigenvalue weighted by Gasteiger charge is -2.14. The highest BCUT2D eigenvalue weighted by Crippen LogP contribution is 2.49. The second-order valence-corrected chi connectivity index (χ2v) is 6.41. The Kier molecular flexibility index (Phi) is 1.88. The third-order valence-corrected chi connectivity index (χ3v) is 4.50. The van der Waals surface area contributed by atoms with Gasteiger partial charge in [0, 0.05) is 27.1 Å². The number of hydrogen-bond donors (Lipinski definition) is 1. The van der Waals surface area contributed by atoms with Gasteiger partial charge in [-0.3, -0.25) is 0 Å². The van der Waals surface area contributed by atoms with Gasteiger partial charge in [0.1, 0.15) is 0 Å². The lowest BCUT2D eigenvalue weighted by atomic mass is 10.2. The van der Waals surface area contributed by atoms with E-state index < -0.39 is 0 Å². The molecule has 3 heteroatoms. The molecule has 2 nitrogen and oxygen atoms in total. The number of halogens is 1. The summed E-state index contributed by atoms with van der Waals surface area (Å²) in [5.74, 6) is 0. The summed E-state index contributed by atoms with van der Waals surface area (Å²) in [6.07, 6.45) is 4.89. The quantitative estimate of drug-likeness (QED) is 0.899. The van der Waals surface area contributed by atoms with Crippen LogP contribution in [-0.2, 0) is 5.54 Å². The zero-order chi connectivity index (χ0) is 11.6. The van der Waals surface area contributed by atoms with Gasteiger partial charge >= 0.3 is 0 Å². The molecule has 2 aliphatic rings. The van der Waals surface area contributed by atoms with E-state index in [0.717, 1.165) is 17.3 Å². The minimum Gasteiger partial charge on any atom is -0.340 e. The van der Waals surface area contributed by atoms with E-state index in [2.05, 4.69) is 44.8 Å². The van der Waals surface area contributed by atoms with Crippen molar-refractivity contribution in [1.29, 1.82) is 0 Å². The van der Waals surface area contributed by atoms with E-state index in [0.29, 0.717) is 6.04 Å². The van der Waals surface area contributed by atoms with E-state index in [1.807, 2.05) is 0 Å². The first kappa shape index (κ1) is 10.2. The summed E-state index contributed by atoms with van der Waals surface area (Å²) in [4.78, 5) is 0. The summed E-state index contributed by atoms with van der Waals surface area (Å²) in [5, 5.41) is 1.32. The van der Waals surface area contributed by atoms with E-state index in [9.17, 15) is 0 Å². The number of nitrogens with two attached hydrogens (primary N) is 1. The summed E-state index contributed by atoms with van der Waals surface area (Å²) in [5.41, 5.74) is 9.07.